The Labute approximate surface area is 96.9 Å². The minimum absolute atomic E-state index is 0.167. The van der Waals surface area contributed by atoms with E-state index >= 15 is 0 Å². The maximum atomic E-state index is 11.3. The SMILES string of the molecule is Cc1oc2ccccc2c1-c1nccc(=O)[nH]1. The van der Waals surface area contributed by atoms with Crippen molar-refractivity contribution in [3.63, 3.8) is 0 Å². The van der Waals surface area contributed by atoms with Gasteiger partial charge in [-0.05, 0) is 13.0 Å². The van der Waals surface area contributed by atoms with E-state index in [1.54, 1.807) is 0 Å². The summed E-state index contributed by atoms with van der Waals surface area (Å²) in [6.07, 6.45) is 1.50. The van der Waals surface area contributed by atoms with Crippen molar-refractivity contribution in [2.45, 2.75) is 6.92 Å². The number of para-hydroxylation sites is 1. The molecule has 0 amide bonds. The number of hydrogen-bond donors (Lipinski definition) is 1. The van der Waals surface area contributed by atoms with Gasteiger partial charge in [0.05, 0.1) is 5.56 Å². The van der Waals surface area contributed by atoms with Crippen molar-refractivity contribution in [2.75, 3.05) is 0 Å². The van der Waals surface area contributed by atoms with Gasteiger partial charge in [0, 0.05) is 17.6 Å². The molecular formula is C13H10N2O2. The van der Waals surface area contributed by atoms with Gasteiger partial charge in [-0.2, -0.15) is 0 Å². The molecule has 1 aromatic carbocycles. The number of H-pyrrole nitrogens is 1. The molecule has 0 saturated heterocycles. The molecule has 1 N–H and O–H groups in total. The van der Waals surface area contributed by atoms with Gasteiger partial charge in [0.1, 0.15) is 17.2 Å². The Morgan fingerprint density at radius 3 is 2.88 bits per heavy atom. The zero-order valence-corrected chi connectivity index (χ0v) is 9.23. The lowest BCUT2D eigenvalue weighted by Crippen LogP contribution is -2.05. The molecule has 84 valence electrons. The minimum Gasteiger partial charge on any atom is -0.461 e. The topological polar surface area (TPSA) is 58.9 Å². The molecule has 3 aromatic rings. The van der Waals surface area contributed by atoms with Crippen LogP contribution in [0.1, 0.15) is 5.76 Å². The van der Waals surface area contributed by atoms with Crippen LogP contribution in [0, 0.1) is 6.92 Å². The first-order valence-electron chi connectivity index (χ1n) is 5.29. The molecule has 4 nitrogen and oxygen atoms in total. The van der Waals surface area contributed by atoms with Gasteiger partial charge in [-0.15, -0.1) is 0 Å². The van der Waals surface area contributed by atoms with Crippen molar-refractivity contribution < 1.29 is 4.42 Å². The van der Waals surface area contributed by atoms with Crippen molar-refractivity contribution in [1.82, 2.24) is 9.97 Å². The summed E-state index contributed by atoms with van der Waals surface area (Å²) in [4.78, 5) is 18.2. The Balaban J connectivity index is 2.37. The van der Waals surface area contributed by atoms with Gasteiger partial charge in [0.2, 0.25) is 0 Å². The number of fused-ring (bicyclic) bond motifs is 1. The van der Waals surface area contributed by atoms with Crippen molar-refractivity contribution >= 4 is 11.0 Å². The maximum Gasteiger partial charge on any atom is 0.251 e. The molecule has 0 atom stereocenters. The van der Waals surface area contributed by atoms with E-state index in [1.165, 1.54) is 12.3 Å². The Morgan fingerprint density at radius 1 is 1.24 bits per heavy atom. The van der Waals surface area contributed by atoms with Crippen molar-refractivity contribution in [2.24, 2.45) is 0 Å². The van der Waals surface area contributed by atoms with Crippen molar-refractivity contribution in [3.8, 4) is 11.4 Å². The highest BCUT2D eigenvalue weighted by molar-refractivity contribution is 5.93. The van der Waals surface area contributed by atoms with Crippen molar-refractivity contribution in [3.05, 3.63) is 52.6 Å². The van der Waals surface area contributed by atoms with E-state index < -0.39 is 0 Å². The first kappa shape index (κ1) is 9.84. The lowest BCUT2D eigenvalue weighted by molar-refractivity contribution is 0.579. The molecule has 4 heteroatoms. The van der Waals surface area contributed by atoms with Gasteiger partial charge in [0.25, 0.3) is 5.56 Å². The summed E-state index contributed by atoms with van der Waals surface area (Å²) in [6, 6.07) is 9.08. The number of benzene rings is 1. The molecule has 0 aliphatic rings. The summed E-state index contributed by atoms with van der Waals surface area (Å²) in [5.74, 6) is 1.29. The Kier molecular flexibility index (Phi) is 2.08. The van der Waals surface area contributed by atoms with E-state index in [0.29, 0.717) is 5.82 Å². The third kappa shape index (κ3) is 1.54. The van der Waals surface area contributed by atoms with Crippen LogP contribution in [0.15, 0.2) is 45.7 Å². The Hall–Kier alpha value is -2.36. The van der Waals surface area contributed by atoms with Gasteiger partial charge >= 0.3 is 0 Å². The smallest absolute Gasteiger partial charge is 0.251 e. The second-order valence-corrected chi connectivity index (χ2v) is 3.81. The summed E-state index contributed by atoms with van der Waals surface area (Å²) in [6.45, 7) is 1.86. The van der Waals surface area contributed by atoms with E-state index in [9.17, 15) is 4.79 Å². The van der Waals surface area contributed by atoms with Gasteiger partial charge in [0.15, 0.2) is 0 Å². The monoisotopic (exact) mass is 226 g/mol. The molecule has 0 unspecified atom stereocenters. The van der Waals surface area contributed by atoms with Crippen LogP contribution >= 0.6 is 0 Å². The van der Waals surface area contributed by atoms with Gasteiger partial charge in [-0.25, -0.2) is 4.98 Å². The van der Waals surface area contributed by atoms with Crippen LogP contribution in [0.5, 0.6) is 0 Å². The molecule has 2 aromatic heterocycles. The molecule has 0 bridgehead atoms. The van der Waals surface area contributed by atoms with E-state index in [-0.39, 0.29) is 5.56 Å². The third-order valence-corrected chi connectivity index (χ3v) is 2.68. The molecule has 0 aliphatic heterocycles. The molecule has 0 aliphatic carbocycles. The highest BCUT2D eigenvalue weighted by atomic mass is 16.3. The number of aryl methyl sites for hydroxylation is 1. The summed E-state index contributed by atoms with van der Waals surface area (Å²) in [7, 11) is 0. The summed E-state index contributed by atoms with van der Waals surface area (Å²) in [5, 5.41) is 0.958. The molecule has 0 radical (unpaired) electrons. The molecular weight excluding hydrogens is 216 g/mol. The number of hydrogen-bond acceptors (Lipinski definition) is 3. The lowest BCUT2D eigenvalue weighted by atomic mass is 10.1. The number of rotatable bonds is 1. The van der Waals surface area contributed by atoms with Crippen LogP contribution in [0.2, 0.25) is 0 Å². The first-order valence-corrected chi connectivity index (χ1v) is 5.29. The van der Waals surface area contributed by atoms with Crippen LogP contribution in [-0.4, -0.2) is 9.97 Å². The van der Waals surface area contributed by atoms with Crippen LogP contribution in [0.25, 0.3) is 22.4 Å². The lowest BCUT2D eigenvalue weighted by Gasteiger charge is -1.98. The van der Waals surface area contributed by atoms with Crippen LogP contribution in [0.4, 0.5) is 0 Å². The number of furan rings is 1. The van der Waals surface area contributed by atoms with Crippen LogP contribution in [-0.2, 0) is 0 Å². The zero-order valence-electron chi connectivity index (χ0n) is 9.23. The number of nitrogens with zero attached hydrogens (tertiary/aromatic N) is 1. The molecule has 17 heavy (non-hydrogen) atoms. The second-order valence-electron chi connectivity index (χ2n) is 3.81. The second kappa shape index (κ2) is 3.59. The maximum absolute atomic E-state index is 11.3. The highest BCUT2D eigenvalue weighted by Crippen LogP contribution is 2.31. The fourth-order valence-electron chi connectivity index (χ4n) is 1.96. The normalized spacial score (nSPS) is 10.9. The van der Waals surface area contributed by atoms with Crippen LogP contribution < -0.4 is 5.56 Å². The third-order valence-electron chi connectivity index (χ3n) is 2.68. The summed E-state index contributed by atoms with van der Waals surface area (Å²) >= 11 is 0. The molecule has 0 saturated carbocycles. The van der Waals surface area contributed by atoms with Crippen molar-refractivity contribution in [1.29, 1.82) is 0 Å². The summed E-state index contributed by atoms with van der Waals surface area (Å²) in [5.41, 5.74) is 1.48. The first-order chi connectivity index (χ1) is 8.25. The number of aromatic nitrogens is 2. The average Bonchev–Trinajstić information content (AvgIpc) is 2.64. The Bertz CT molecular complexity index is 740. The highest BCUT2D eigenvalue weighted by Gasteiger charge is 2.13. The zero-order chi connectivity index (χ0) is 11.8. The molecule has 3 rings (SSSR count). The molecule has 0 spiro atoms. The van der Waals surface area contributed by atoms with Gasteiger partial charge in [-0.1, -0.05) is 18.2 Å². The minimum atomic E-state index is -0.167. The van der Waals surface area contributed by atoms with Gasteiger partial charge < -0.3 is 9.40 Å². The number of aromatic amines is 1. The van der Waals surface area contributed by atoms with E-state index in [0.717, 1.165) is 22.3 Å². The predicted molar refractivity (Wildman–Crippen MR) is 64.8 cm³/mol. The van der Waals surface area contributed by atoms with Crippen LogP contribution in [0.3, 0.4) is 0 Å². The molecule has 2 heterocycles. The van der Waals surface area contributed by atoms with E-state index in [2.05, 4.69) is 9.97 Å². The fraction of sp³-hybridized carbons (Fsp3) is 0.0769. The molecule has 0 fully saturated rings. The van der Waals surface area contributed by atoms with E-state index in [4.69, 9.17) is 4.42 Å². The van der Waals surface area contributed by atoms with Gasteiger partial charge in [-0.3, -0.25) is 4.79 Å². The summed E-state index contributed by atoms with van der Waals surface area (Å²) < 4.78 is 5.63. The number of nitrogens with one attached hydrogen (secondary N) is 1. The standard InChI is InChI=1S/C13H10N2O2/c1-8-12(13-14-7-6-11(16)15-13)9-4-2-3-5-10(9)17-8/h2-7H,1H3,(H,14,15,16). The largest absolute Gasteiger partial charge is 0.461 e. The fourth-order valence-corrected chi connectivity index (χ4v) is 1.96. The quantitative estimate of drug-likeness (QED) is 0.693. The average molecular weight is 226 g/mol. The van der Waals surface area contributed by atoms with E-state index in [1.807, 2.05) is 31.2 Å². The Morgan fingerprint density at radius 2 is 2.06 bits per heavy atom. The predicted octanol–water partition coefficient (Wildman–Crippen LogP) is 2.49.